The average molecular weight is 280 g/mol. The lowest BCUT2D eigenvalue weighted by Crippen LogP contribution is -2.13. The predicted molar refractivity (Wildman–Crippen MR) is 67.5 cm³/mol. The molecular formula is C10H12N6O4. The molecule has 8 N–H and O–H groups in total. The number of nitrogens with zero attached hydrogens (tertiary/aromatic N) is 2. The van der Waals surface area contributed by atoms with Crippen LogP contribution in [0, 0.1) is 0 Å². The number of carbonyl (C=O) groups is 4. The van der Waals surface area contributed by atoms with Crippen LogP contribution in [0.5, 0.6) is 0 Å². The highest BCUT2D eigenvalue weighted by Gasteiger charge is 2.02. The van der Waals surface area contributed by atoms with Crippen molar-refractivity contribution < 1.29 is 19.2 Å². The van der Waals surface area contributed by atoms with Gasteiger partial charge in [-0.25, -0.2) is 9.59 Å². The van der Waals surface area contributed by atoms with Crippen LogP contribution >= 0.6 is 0 Å². The first kappa shape index (κ1) is 16.7. The summed E-state index contributed by atoms with van der Waals surface area (Å²) in [4.78, 5) is 40.5. The first-order valence-electron chi connectivity index (χ1n) is 4.94. The molecule has 0 aromatic heterocycles. The molecule has 0 atom stereocenters. The fourth-order valence-corrected chi connectivity index (χ4v) is 0.897. The van der Waals surface area contributed by atoms with Gasteiger partial charge in [0.15, 0.2) is 0 Å². The minimum Gasteiger partial charge on any atom is -0.366 e. The van der Waals surface area contributed by atoms with Crippen molar-refractivity contribution in [1.29, 1.82) is 0 Å². The van der Waals surface area contributed by atoms with E-state index in [1.54, 1.807) is 0 Å². The predicted octanol–water partition coefficient (Wildman–Crippen LogP) is -0.520. The topological polar surface area (TPSA) is 197 Å². The molecule has 20 heavy (non-hydrogen) atoms. The normalized spacial score (nSPS) is 9.40. The fourth-order valence-electron chi connectivity index (χ4n) is 0.897. The number of benzene rings is 1. The van der Waals surface area contributed by atoms with Crippen LogP contribution in [-0.4, -0.2) is 23.9 Å². The summed E-state index contributed by atoms with van der Waals surface area (Å²) in [6, 6.07) is 3.77. The van der Waals surface area contributed by atoms with E-state index in [1.165, 1.54) is 24.3 Å². The number of azo groups is 1. The number of rotatable bonds is 2. The molecule has 0 saturated heterocycles. The lowest BCUT2D eigenvalue weighted by atomic mass is 10.1. The van der Waals surface area contributed by atoms with Crippen LogP contribution < -0.4 is 22.9 Å². The molecule has 0 fully saturated rings. The third kappa shape index (κ3) is 7.11. The summed E-state index contributed by atoms with van der Waals surface area (Å²) in [5, 5.41) is 5.23. The average Bonchev–Trinajstić information content (AvgIpc) is 2.37. The van der Waals surface area contributed by atoms with E-state index < -0.39 is 23.9 Å². The first-order valence-corrected chi connectivity index (χ1v) is 4.94. The van der Waals surface area contributed by atoms with Gasteiger partial charge in [0.25, 0.3) is 0 Å². The zero-order valence-electron chi connectivity index (χ0n) is 10.1. The molecule has 0 saturated carbocycles. The summed E-state index contributed by atoms with van der Waals surface area (Å²) in [6.07, 6.45) is 0. The highest BCUT2D eigenvalue weighted by molar-refractivity contribution is 5.96. The first-order chi connectivity index (χ1) is 9.23. The monoisotopic (exact) mass is 280 g/mol. The minimum absolute atomic E-state index is 0.361. The van der Waals surface area contributed by atoms with Crippen molar-refractivity contribution in [2.24, 2.45) is 33.2 Å². The smallest absolute Gasteiger partial charge is 0.357 e. The van der Waals surface area contributed by atoms with Crippen LogP contribution in [0.2, 0.25) is 0 Å². The van der Waals surface area contributed by atoms with Gasteiger partial charge < -0.3 is 22.9 Å². The highest BCUT2D eigenvalue weighted by atomic mass is 16.2. The summed E-state index contributed by atoms with van der Waals surface area (Å²) in [6.45, 7) is 0. The van der Waals surface area contributed by atoms with Gasteiger partial charge in [-0.1, -0.05) is 10.2 Å². The summed E-state index contributed by atoms with van der Waals surface area (Å²) in [7, 11) is 0. The van der Waals surface area contributed by atoms with E-state index in [4.69, 9.17) is 11.5 Å². The zero-order chi connectivity index (χ0) is 15.7. The lowest BCUT2D eigenvalue weighted by Gasteiger charge is -1.96. The summed E-state index contributed by atoms with van der Waals surface area (Å²) < 4.78 is 0. The number of hydrogen-bond acceptors (Lipinski definition) is 4. The van der Waals surface area contributed by atoms with Crippen molar-refractivity contribution in [3.8, 4) is 0 Å². The largest absolute Gasteiger partial charge is 0.366 e. The van der Waals surface area contributed by atoms with Crippen LogP contribution in [0.15, 0.2) is 34.5 Å². The third-order valence-corrected chi connectivity index (χ3v) is 1.70. The molecule has 1 aromatic carbocycles. The Kier molecular flexibility index (Phi) is 6.61. The Hall–Kier alpha value is -3.30. The maximum Gasteiger partial charge on any atom is 0.357 e. The maximum atomic E-state index is 10.6. The molecular weight excluding hydrogens is 268 g/mol. The second-order valence-electron chi connectivity index (χ2n) is 3.18. The minimum atomic E-state index is -1.04. The van der Waals surface area contributed by atoms with Crippen molar-refractivity contribution in [3.63, 3.8) is 0 Å². The van der Waals surface area contributed by atoms with E-state index in [0.717, 1.165) is 0 Å². The molecule has 106 valence electrons. The Bertz CT molecular complexity index is 502. The molecule has 0 aliphatic heterocycles. The van der Waals surface area contributed by atoms with Crippen LogP contribution in [0.25, 0.3) is 0 Å². The van der Waals surface area contributed by atoms with Crippen LogP contribution in [0.4, 0.5) is 9.59 Å². The van der Waals surface area contributed by atoms with Gasteiger partial charge in [0.2, 0.25) is 11.8 Å². The Labute approximate surface area is 112 Å². The number of carbonyl (C=O) groups excluding carboxylic acids is 4. The van der Waals surface area contributed by atoms with Gasteiger partial charge in [0.1, 0.15) is 0 Å². The molecule has 0 bridgehead atoms. The molecule has 1 rings (SSSR count). The zero-order valence-corrected chi connectivity index (χ0v) is 10.1. The number of primary amides is 4. The quantitative estimate of drug-likeness (QED) is 0.528. The summed E-state index contributed by atoms with van der Waals surface area (Å²) >= 11 is 0. The Morgan fingerprint density at radius 3 is 1.05 bits per heavy atom. The number of amides is 6. The Balaban J connectivity index is 0.000000396. The second-order valence-corrected chi connectivity index (χ2v) is 3.18. The van der Waals surface area contributed by atoms with Gasteiger partial charge in [-0.3, -0.25) is 9.59 Å². The summed E-state index contributed by atoms with van der Waals surface area (Å²) in [5.41, 5.74) is 19.6. The van der Waals surface area contributed by atoms with E-state index in [2.05, 4.69) is 21.7 Å². The number of nitrogens with two attached hydrogens (primary N) is 4. The fraction of sp³-hybridized carbons (Fsp3) is 0. The van der Waals surface area contributed by atoms with Crippen LogP contribution in [0.1, 0.15) is 20.7 Å². The molecule has 6 amide bonds. The second kappa shape index (κ2) is 7.92. The maximum absolute atomic E-state index is 10.6. The van der Waals surface area contributed by atoms with Gasteiger partial charge in [-0.15, -0.1) is 0 Å². The summed E-state index contributed by atoms with van der Waals surface area (Å²) in [5.74, 6) is -1.04. The molecule has 0 unspecified atom stereocenters. The SMILES string of the molecule is NC(=O)N=NC(N)=O.NC(=O)c1ccc(C(N)=O)cc1. The highest BCUT2D eigenvalue weighted by Crippen LogP contribution is 2.02. The van der Waals surface area contributed by atoms with Crippen LogP contribution in [0.3, 0.4) is 0 Å². The lowest BCUT2D eigenvalue weighted by molar-refractivity contribution is 0.0988. The third-order valence-electron chi connectivity index (χ3n) is 1.70. The van der Waals surface area contributed by atoms with E-state index >= 15 is 0 Å². The number of urea groups is 2. The van der Waals surface area contributed by atoms with Gasteiger partial charge in [-0.2, -0.15) is 0 Å². The van der Waals surface area contributed by atoms with E-state index in [1.807, 2.05) is 0 Å². The van der Waals surface area contributed by atoms with E-state index in [0.29, 0.717) is 11.1 Å². The Morgan fingerprint density at radius 1 is 0.650 bits per heavy atom. The van der Waals surface area contributed by atoms with Crippen LogP contribution in [-0.2, 0) is 0 Å². The van der Waals surface area contributed by atoms with Gasteiger partial charge in [0.05, 0.1) is 0 Å². The number of hydrogen-bond donors (Lipinski definition) is 4. The molecule has 0 spiro atoms. The van der Waals surface area contributed by atoms with Gasteiger partial charge >= 0.3 is 12.1 Å². The van der Waals surface area contributed by atoms with Crippen molar-refractivity contribution in [1.82, 2.24) is 0 Å². The van der Waals surface area contributed by atoms with Crippen molar-refractivity contribution >= 4 is 23.9 Å². The van der Waals surface area contributed by atoms with Crippen molar-refractivity contribution in [2.75, 3.05) is 0 Å². The van der Waals surface area contributed by atoms with Crippen molar-refractivity contribution in [2.45, 2.75) is 0 Å². The van der Waals surface area contributed by atoms with Gasteiger partial charge in [-0.05, 0) is 24.3 Å². The van der Waals surface area contributed by atoms with E-state index in [-0.39, 0.29) is 0 Å². The van der Waals surface area contributed by atoms with E-state index in [9.17, 15) is 19.2 Å². The molecule has 10 heteroatoms. The molecule has 0 aliphatic rings. The van der Waals surface area contributed by atoms with Crippen molar-refractivity contribution in [3.05, 3.63) is 35.4 Å². The molecule has 0 heterocycles. The Morgan fingerprint density at radius 2 is 0.900 bits per heavy atom. The molecule has 0 aliphatic carbocycles. The molecule has 0 radical (unpaired) electrons. The standard InChI is InChI=1S/C8H8N2O2.C2H4N4O2/c9-7(11)5-1-2-6(4-3-5)8(10)12;3-1(7)5-6-2(4)8/h1-4H,(H2,9,11)(H2,10,12);(H2,3,7)(H2,4,8). The van der Waals surface area contributed by atoms with Gasteiger partial charge in [0, 0.05) is 11.1 Å². The molecule has 1 aromatic rings. The molecule has 10 nitrogen and oxygen atoms in total.